The lowest BCUT2D eigenvalue weighted by atomic mass is 10.1. The number of alkyl halides is 1. The number of benzene rings is 1. The van der Waals surface area contributed by atoms with Crippen LogP contribution in [-0.2, 0) is 15.7 Å². The molecular weight excluding hydrogens is 308 g/mol. The highest BCUT2D eigenvalue weighted by atomic mass is 35.5. The Balaban J connectivity index is 2.00. The van der Waals surface area contributed by atoms with Crippen LogP contribution >= 0.6 is 11.6 Å². The van der Waals surface area contributed by atoms with Crippen molar-refractivity contribution < 1.29 is 8.42 Å². The van der Waals surface area contributed by atoms with Crippen LogP contribution in [0.2, 0.25) is 0 Å². The van der Waals surface area contributed by atoms with Crippen LogP contribution in [0.4, 0.5) is 5.82 Å². The molecule has 2 aromatic rings. The first kappa shape index (κ1) is 14.6. The smallest absolute Gasteiger partial charge is 0.152 e. The second-order valence-corrected chi connectivity index (χ2v) is 7.85. The van der Waals surface area contributed by atoms with Crippen LogP contribution in [0.25, 0.3) is 10.9 Å². The maximum Gasteiger partial charge on any atom is 0.152 e. The van der Waals surface area contributed by atoms with E-state index in [0.717, 1.165) is 22.3 Å². The van der Waals surface area contributed by atoms with Crippen molar-refractivity contribution in [2.24, 2.45) is 0 Å². The first-order chi connectivity index (χ1) is 10.1. The number of hydrogen-bond donors (Lipinski definition) is 0. The lowest BCUT2D eigenvalue weighted by Gasteiger charge is -2.22. The molecule has 0 spiro atoms. The molecule has 0 bridgehead atoms. The molecule has 3 rings (SSSR count). The van der Waals surface area contributed by atoms with Gasteiger partial charge in [-0.2, -0.15) is 0 Å². The van der Waals surface area contributed by atoms with Gasteiger partial charge in [0, 0.05) is 24.4 Å². The number of pyridine rings is 1. The van der Waals surface area contributed by atoms with Crippen LogP contribution < -0.4 is 4.90 Å². The molecule has 0 atom stereocenters. The van der Waals surface area contributed by atoms with E-state index in [-0.39, 0.29) is 11.5 Å². The molecule has 1 aromatic heterocycles. The zero-order valence-electron chi connectivity index (χ0n) is 11.6. The summed E-state index contributed by atoms with van der Waals surface area (Å²) in [6.07, 6.45) is 0.646. The van der Waals surface area contributed by atoms with Gasteiger partial charge in [0.15, 0.2) is 9.84 Å². The molecule has 1 aliphatic rings. The SMILES string of the molecule is O=S1(=O)CCCN(c2cc(CCl)c3ccccc3n2)CC1. The monoisotopic (exact) mass is 324 g/mol. The summed E-state index contributed by atoms with van der Waals surface area (Å²) in [5.41, 5.74) is 1.93. The van der Waals surface area contributed by atoms with E-state index >= 15 is 0 Å². The summed E-state index contributed by atoms with van der Waals surface area (Å²) in [4.78, 5) is 6.72. The fraction of sp³-hybridized carbons (Fsp3) is 0.400. The number of nitrogens with zero attached hydrogens (tertiary/aromatic N) is 2. The molecule has 0 amide bonds. The number of anilines is 1. The third-order valence-electron chi connectivity index (χ3n) is 3.81. The van der Waals surface area contributed by atoms with Crippen molar-refractivity contribution in [3.8, 4) is 0 Å². The zero-order valence-corrected chi connectivity index (χ0v) is 13.2. The molecule has 1 aliphatic heterocycles. The molecule has 6 heteroatoms. The van der Waals surface area contributed by atoms with Crippen molar-refractivity contribution >= 4 is 38.2 Å². The Bertz CT molecular complexity index is 761. The Hall–Kier alpha value is -1.33. The summed E-state index contributed by atoms with van der Waals surface area (Å²) < 4.78 is 23.4. The second kappa shape index (κ2) is 5.81. The molecule has 4 nitrogen and oxygen atoms in total. The average molecular weight is 325 g/mol. The first-order valence-corrected chi connectivity index (χ1v) is 9.35. The normalized spacial score (nSPS) is 18.6. The average Bonchev–Trinajstić information content (AvgIpc) is 2.67. The van der Waals surface area contributed by atoms with Crippen LogP contribution in [0.5, 0.6) is 0 Å². The van der Waals surface area contributed by atoms with Gasteiger partial charge >= 0.3 is 0 Å². The van der Waals surface area contributed by atoms with Crippen molar-refractivity contribution in [3.05, 3.63) is 35.9 Å². The van der Waals surface area contributed by atoms with E-state index in [9.17, 15) is 8.42 Å². The molecule has 1 aromatic carbocycles. The molecule has 2 heterocycles. The summed E-state index contributed by atoms with van der Waals surface area (Å²) in [6, 6.07) is 9.87. The molecule has 0 saturated carbocycles. The number of fused-ring (bicyclic) bond motifs is 1. The Morgan fingerprint density at radius 1 is 1.19 bits per heavy atom. The minimum absolute atomic E-state index is 0.192. The van der Waals surface area contributed by atoms with Gasteiger partial charge in [-0.25, -0.2) is 13.4 Å². The molecule has 112 valence electrons. The van der Waals surface area contributed by atoms with E-state index in [1.54, 1.807) is 0 Å². The fourth-order valence-electron chi connectivity index (χ4n) is 2.67. The van der Waals surface area contributed by atoms with Crippen LogP contribution in [0.3, 0.4) is 0 Å². The molecule has 0 aliphatic carbocycles. The fourth-order valence-corrected chi connectivity index (χ4v) is 4.16. The highest BCUT2D eigenvalue weighted by Gasteiger charge is 2.20. The lowest BCUT2D eigenvalue weighted by molar-refractivity contribution is 0.597. The minimum Gasteiger partial charge on any atom is -0.356 e. The summed E-state index contributed by atoms with van der Waals surface area (Å²) in [7, 11) is -2.91. The molecular formula is C15H17ClN2O2S. The molecule has 0 N–H and O–H groups in total. The van der Waals surface area contributed by atoms with E-state index in [2.05, 4.69) is 4.98 Å². The van der Waals surface area contributed by atoms with E-state index in [1.807, 2.05) is 35.2 Å². The van der Waals surface area contributed by atoms with Crippen molar-refractivity contribution in [3.63, 3.8) is 0 Å². The standard InChI is InChI=1S/C15H17ClN2O2S/c16-11-12-10-15(17-14-5-2-1-4-13(12)14)18-6-3-8-21(19,20)9-7-18/h1-2,4-5,10H,3,6-9,11H2. The Kier molecular flexibility index (Phi) is 4.04. The van der Waals surface area contributed by atoms with Crippen LogP contribution in [0.15, 0.2) is 30.3 Å². The second-order valence-electron chi connectivity index (χ2n) is 5.28. The quantitative estimate of drug-likeness (QED) is 0.797. The van der Waals surface area contributed by atoms with Crippen molar-refractivity contribution in [1.29, 1.82) is 0 Å². The first-order valence-electron chi connectivity index (χ1n) is 6.99. The van der Waals surface area contributed by atoms with Gasteiger partial charge < -0.3 is 4.90 Å². The minimum atomic E-state index is -2.91. The summed E-state index contributed by atoms with van der Waals surface area (Å²) >= 11 is 6.05. The summed E-state index contributed by atoms with van der Waals surface area (Å²) in [5, 5.41) is 1.05. The van der Waals surface area contributed by atoms with E-state index in [1.165, 1.54) is 0 Å². The zero-order chi connectivity index (χ0) is 14.9. The molecule has 1 fully saturated rings. The van der Waals surface area contributed by atoms with Crippen molar-refractivity contribution in [1.82, 2.24) is 4.98 Å². The third kappa shape index (κ3) is 3.14. The number of sulfone groups is 1. The van der Waals surface area contributed by atoms with Crippen molar-refractivity contribution in [2.75, 3.05) is 29.5 Å². The lowest BCUT2D eigenvalue weighted by Crippen LogP contribution is -2.27. The summed E-state index contributed by atoms with van der Waals surface area (Å²) in [5.74, 6) is 1.70. The number of para-hydroxylation sites is 1. The van der Waals surface area contributed by atoms with E-state index in [4.69, 9.17) is 11.6 Å². The molecule has 0 radical (unpaired) electrons. The maximum absolute atomic E-state index is 11.7. The Morgan fingerprint density at radius 3 is 2.81 bits per heavy atom. The van der Waals surface area contributed by atoms with Gasteiger partial charge in [0.25, 0.3) is 0 Å². The van der Waals surface area contributed by atoms with Crippen LogP contribution in [-0.4, -0.2) is 38.0 Å². The predicted octanol–water partition coefficient (Wildman–Crippen LogP) is 2.60. The number of rotatable bonds is 2. The Labute approximate surface area is 129 Å². The van der Waals surface area contributed by atoms with Gasteiger partial charge in [0.2, 0.25) is 0 Å². The highest BCUT2D eigenvalue weighted by molar-refractivity contribution is 7.91. The Morgan fingerprint density at radius 2 is 2.00 bits per heavy atom. The van der Waals surface area contributed by atoms with Gasteiger partial charge in [-0.05, 0) is 24.1 Å². The van der Waals surface area contributed by atoms with Gasteiger partial charge in [-0.15, -0.1) is 11.6 Å². The number of halogens is 1. The number of hydrogen-bond acceptors (Lipinski definition) is 4. The topological polar surface area (TPSA) is 50.3 Å². The highest BCUT2D eigenvalue weighted by Crippen LogP contribution is 2.25. The van der Waals surface area contributed by atoms with Crippen LogP contribution in [0, 0.1) is 0 Å². The molecule has 21 heavy (non-hydrogen) atoms. The molecule has 0 unspecified atom stereocenters. The summed E-state index contributed by atoms with van der Waals surface area (Å²) in [6.45, 7) is 1.21. The van der Waals surface area contributed by atoms with Gasteiger partial charge in [-0.3, -0.25) is 0 Å². The molecule has 1 saturated heterocycles. The van der Waals surface area contributed by atoms with Gasteiger partial charge in [-0.1, -0.05) is 18.2 Å². The van der Waals surface area contributed by atoms with Crippen LogP contribution in [0.1, 0.15) is 12.0 Å². The predicted molar refractivity (Wildman–Crippen MR) is 86.8 cm³/mol. The van der Waals surface area contributed by atoms with Gasteiger partial charge in [0.1, 0.15) is 5.82 Å². The van der Waals surface area contributed by atoms with Crippen molar-refractivity contribution in [2.45, 2.75) is 12.3 Å². The largest absolute Gasteiger partial charge is 0.356 e. The maximum atomic E-state index is 11.7. The van der Waals surface area contributed by atoms with E-state index in [0.29, 0.717) is 25.4 Å². The van der Waals surface area contributed by atoms with Gasteiger partial charge in [0.05, 0.1) is 17.0 Å². The van der Waals surface area contributed by atoms with E-state index < -0.39 is 9.84 Å². The number of aromatic nitrogens is 1. The third-order valence-corrected chi connectivity index (χ3v) is 5.82.